The SMILES string of the molecule is N#CC(NC(=O)Cc1cnc(N2CCC(N3C(=O)OCc4ccccc43)CC2)c(Cl)c1)C(N)=O. The number of para-hydroxylation sites is 1. The van der Waals surface area contributed by atoms with Crippen LogP contribution in [0.25, 0.3) is 0 Å². The molecule has 1 fully saturated rings. The Labute approximate surface area is 201 Å². The maximum absolute atomic E-state index is 12.5. The lowest BCUT2D eigenvalue weighted by Crippen LogP contribution is -2.49. The molecular formula is C23H23ClN6O4. The van der Waals surface area contributed by atoms with Crippen LogP contribution in [0.2, 0.25) is 5.02 Å². The topological polar surface area (TPSA) is 142 Å². The van der Waals surface area contributed by atoms with Crippen LogP contribution in [0.4, 0.5) is 16.3 Å². The third-order valence-electron chi connectivity index (χ3n) is 5.89. The Morgan fingerprint density at radius 1 is 1.32 bits per heavy atom. The number of halogens is 1. The van der Waals surface area contributed by atoms with Crippen molar-refractivity contribution in [1.82, 2.24) is 10.3 Å². The number of nitrogens with two attached hydrogens (primary N) is 1. The number of carbonyl (C=O) groups excluding carboxylic acids is 3. The van der Waals surface area contributed by atoms with Gasteiger partial charge in [-0.05, 0) is 30.5 Å². The minimum atomic E-state index is -1.39. The molecule has 11 heteroatoms. The van der Waals surface area contributed by atoms with Crippen molar-refractivity contribution in [2.75, 3.05) is 22.9 Å². The van der Waals surface area contributed by atoms with Crippen molar-refractivity contribution in [1.29, 1.82) is 5.26 Å². The Morgan fingerprint density at radius 2 is 2.06 bits per heavy atom. The standard InChI is InChI=1S/C23H23ClN6O4/c24-17-9-14(10-20(31)28-18(11-25)21(26)32)12-27-22(17)29-7-5-16(6-8-29)30-19-4-2-1-3-15(19)13-34-23(30)33/h1-4,9,12,16,18H,5-8,10,13H2,(H2,26,32)(H,28,31). The Morgan fingerprint density at radius 3 is 2.74 bits per heavy atom. The highest BCUT2D eigenvalue weighted by molar-refractivity contribution is 6.33. The lowest BCUT2D eigenvalue weighted by molar-refractivity contribution is -0.125. The van der Waals surface area contributed by atoms with Crippen molar-refractivity contribution in [3.8, 4) is 6.07 Å². The zero-order valence-electron chi connectivity index (χ0n) is 18.2. The number of cyclic esters (lactones) is 1. The molecular weight excluding hydrogens is 460 g/mol. The number of carbonyl (C=O) groups is 3. The zero-order valence-corrected chi connectivity index (χ0v) is 19.0. The fraction of sp³-hybridized carbons (Fsp3) is 0.348. The van der Waals surface area contributed by atoms with Gasteiger partial charge in [0.1, 0.15) is 12.4 Å². The van der Waals surface area contributed by atoms with Crippen LogP contribution in [-0.2, 0) is 27.4 Å². The Kier molecular flexibility index (Phi) is 6.84. The van der Waals surface area contributed by atoms with Gasteiger partial charge in [0.2, 0.25) is 5.91 Å². The number of aromatic nitrogens is 1. The van der Waals surface area contributed by atoms with Crippen molar-refractivity contribution in [2.24, 2.45) is 5.73 Å². The van der Waals surface area contributed by atoms with E-state index in [4.69, 9.17) is 27.3 Å². The summed E-state index contributed by atoms with van der Waals surface area (Å²) in [6, 6.07) is 9.64. The molecule has 4 rings (SSSR count). The van der Waals surface area contributed by atoms with Crippen LogP contribution in [-0.4, -0.2) is 48.1 Å². The van der Waals surface area contributed by atoms with Crippen molar-refractivity contribution in [3.63, 3.8) is 0 Å². The number of rotatable bonds is 6. The fourth-order valence-electron chi connectivity index (χ4n) is 4.22. The van der Waals surface area contributed by atoms with Gasteiger partial charge in [-0.25, -0.2) is 9.78 Å². The maximum Gasteiger partial charge on any atom is 0.414 e. The number of nitrogens with zero attached hydrogens (tertiary/aromatic N) is 4. The van der Waals surface area contributed by atoms with E-state index >= 15 is 0 Å². The minimum Gasteiger partial charge on any atom is -0.444 e. The molecule has 1 saturated heterocycles. The van der Waals surface area contributed by atoms with Crippen molar-refractivity contribution >= 4 is 41.0 Å². The number of nitrogens with one attached hydrogen (secondary N) is 1. The summed E-state index contributed by atoms with van der Waals surface area (Å²) in [5.74, 6) is -0.865. The molecule has 0 bridgehead atoms. The second-order valence-corrected chi connectivity index (χ2v) is 8.54. The monoisotopic (exact) mass is 482 g/mol. The number of benzene rings is 1. The summed E-state index contributed by atoms with van der Waals surface area (Å²) >= 11 is 6.46. The third kappa shape index (κ3) is 4.89. The van der Waals surface area contributed by atoms with Crippen molar-refractivity contribution in [2.45, 2.75) is 38.0 Å². The van der Waals surface area contributed by atoms with Crippen LogP contribution in [0.5, 0.6) is 0 Å². The molecule has 3 N–H and O–H groups in total. The molecule has 0 aliphatic carbocycles. The molecule has 1 unspecified atom stereocenters. The fourth-order valence-corrected chi connectivity index (χ4v) is 4.53. The van der Waals surface area contributed by atoms with E-state index in [0.29, 0.717) is 42.3 Å². The highest BCUT2D eigenvalue weighted by atomic mass is 35.5. The van der Waals surface area contributed by atoms with E-state index in [9.17, 15) is 14.4 Å². The number of hydrogen-bond acceptors (Lipinski definition) is 7. The molecule has 0 spiro atoms. The van der Waals surface area contributed by atoms with E-state index in [0.717, 1.165) is 11.3 Å². The number of hydrogen-bond donors (Lipinski definition) is 2. The van der Waals surface area contributed by atoms with Gasteiger partial charge in [0, 0.05) is 30.9 Å². The number of fused-ring (bicyclic) bond motifs is 1. The van der Waals surface area contributed by atoms with Gasteiger partial charge in [-0.3, -0.25) is 14.5 Å². The molecule has 3 amide bonds. The molecule has 2 aliphatic rings. The maximum atomic E-state index is 12.5. The summed E-state index contributed by atoms with van der Waals surface area (Å²) in [7, 11) is 0. The van der Waals surface area contributed by atoms with E-state index in [1.54, 1.807) is 17.0 Å². The van der Waals surface area contributed by atoms with Gasteiger partial charge in [0.15, 0.2) is 6.04 Å². The normalized spacial score (nSPS) is 16.8. The largest absolute Gasteiger partial charge is 0.444 e. The molecule has 2 aliphatic heterocycles. The van der Waals surface area contributed by atoms with E-state index in [1.165, 1.54) is 6.20 Å². The molecule has 1 atom stereocenters. The quantitative estimate of drug-likeness (QED) is 0.640. The minimum absolute atomic E-state index is 0.00489. The smallest absolute Gasteiger partial charge is 0.414 e. The van der Waals surface area contributed by atoms with E-state index in [2.05, 4.69) is 10.3 Å². The molecule has 0 radical (unpaired) electrons. The summed E-state index contributed by atoms with van der Waals surface area (Å²) < 4.78 is 5.35. The second-order valence-electron chi connectivity index (χ2n) is 8.13. The third-order valence-corrected chi connectivity index (χ3v) is 6.17. The molecule has 10 nitrogen and oxygen atoms in total. The molecule has 0 saturated carbocycles. The number of anilines is 2. The van der Waals surface area contributed by atoms with Gasteiger partial charge >= 0.3 is 6.09 Å². The van der Waals surface area contributed by atoms with Gasteiger partial charge in [0.05, 0.1) is 23.2 Å². The van der Waals surface area contributed by atoms with E-state index < -0.39 is 17.9 Å². The summed E-state index contributed by atoms with van der Waals surface area (Å²) in [5.41, 5.74) is 7.48. The molecule has 1 aromatic heterocycles. The predicted molar refractivity (Wildman–Crippen MR) is 124 cm³/mol. The molecule has 3 heterocycles. The first-order chi connectivity index (χ1) is 16.4. The molecule has 2 aromatic rings. The summed E-state index contributed by atoms with van der Waals surface area (Å²) in [4.78, 5) is 43.9. The van der Waals surface area contributed by atoms with Gasteiger partial charge in [-0.2, -0.15) is 5.26 Å². The van der Waals surface area contributed by atoms with Crippen LogP contribution in [0.15, 0.2) is 36.5 Å². The Bertz CT molecular complexity index is 1160. The number of amides is 3. The lowest BCUT2D eigenvalue weighted by atomic mass is 10.0. The first-order valence-electron chi connectivity index (χ1n) is 10.8. The zero-order chi connectivity index (χ0) is 24.2. The summed E-state index contributed by atoms with van der Waals surface area (Å²) in [6.07, 6.45) is 2.54. The van der Waals surface area contributed by atoms with Crippen molar-refractivity contribution < 1.29 is 19.1 Å². The van der Waals surface area contributed by atoms with Crippen molar-refractivity contribution in [3.05, 3.63) is 52.7 Å². The predicted octanol–water partition coefficient (Wildman–Crippen LogP) is 1.90. The van der Waals surface area contributed by atoms with Crippen LogP contribution in [0.3, 0.4) is 0 Å². The second kappa shape index (κ2) is 9.97. The number of nitriles is 1. The van der Waals surface area contributed by atoms with E-state index in [-0.39, 0.29) is 25.2 Å². The number of pyridine rings is 1. The number of ether oxygens (including phenoxy) is 1. The highest BCUT2D eigenvalue weighted by Gasteiger charge is 2.34. The first kappa shape index (κ1) is 23.3. The van der Waals surface area contributed by atoms with Gasteiger partial charge in [0.25, 0.3) is 5.91 Å². The van der Waals surface area contributed by atoms with Gasteiger partial charge < -0.3 is 20.7 Å². The van der Waals surface area contributed by atoms with Gasteiger partial charge in [-0.15, -0.1) is 0 Å². The summed E-state index contributed by atoms with van der Waals surface area (Å²) in [5, 5.41) is 11.5. The van der Waals surface area contributed by atoms with Crippen LogP contribution >= 0.6 is 11.6 Å². The van der Waals surface area contributed by atoms with Crippen LogP contribution in [0, 0.1) is 11.3 Å². The van der Waals surface area contributed by atoms with Gasteiger partial charge in [-0.1, -0.05) is 29.8 Å². The lowest BCUT2D eigenvalue weighted by Gasteiger charge is -2.40. The van der Waals surface area contributed by atoms with Crippen LogP contribution in [0.1, 0.15) is 24.0 Å². The molecule has 34 heavy (non-hydrogen) atoms. The van der Waals surface area contributed by atoms with Crippen LogP contribution < -0.4 is 20.9 Å². The number of piperidine rings is 1. The highest BCUT2D eigenvalue weighted by Crippen LogP contribution is 2.33. The Balaban J connectivity index is 1.39. The average Bonchev–Trinajstić information content (AvgIpc) is 2.82. The first-order valence-corrected chi connectivity index (χ1v) is 11.2. The average molecular weight is 483 g/mol. The number of primary amides is 1. The summed E-state index contributed by atoms with van der Waals surface area (Å²) in [6.45, 7) is 1.57. The Hall–Kier alpha value is -3.84. The van der Waals surface area contributed by atoms with E-state index in [1.807, 2.05) is 29.2 Å². The molecule has 176 valence electrons. The molecule has 1 aromatic carbocycles.